The lowest BCUT2D eigenvalue weighted by Gasteiger charge is -2.16. The standard InChI is InChI=1S/C21H18N4O5S/c26-16-4-2-15(3-5-16)21(27)25-12-20(24-14-25)30-17-6-8-18(9-7-17)31(28,29)13-19-22-10-1-11-23-19/h1-11,14,20,26H,12-13H2. The Labute approximate surface area is 178 Å². The smallest absolute Gasteiger partial charge is 0.259 e. The number of benzene rings is 2. The lowest BCUT2D eigenvalue weighted by atomic mass is 10.2. The first kappa shape index (κ1) is 20.5. The first-order valence-electron chi connectivity index (χ1n) is 9.29. The van der Waals surface area contributed by atoms with Crippen LogP contribution in [0.4, 0.5) is 0 Å². The molecule has 0 radical (unpaired) electrons. The summed E-state index contributed by atoms with van der Waals surface area (Å²) in [5.74, 6) is 0.168. The average molecular weight is 438 g/mol. The molecule has 1 aliphatic heterocycles. The highest BCUT2D eigenvalue weighted by molar-refractivity contribution is 7.90. The Morgan fingerprint density at radius 3 is 2.42 bits per heavy atom. The SMILES string of the molecule is O=C(c1ccc(O)cc1)N1C=NC(Oc2ccc(S(=O)(=O)Cc3ncccn3)cc2)C1. The van der Waals surface area contributed by atoms with Gasteiger partial charge < -0.3 is 9.84 Å². The van der Waals surface area contributed by atoms with Crippen LogP contribution in [-0.2, 0) is 15.6 Å². The number of phenolic OH excluding ortho intramolecular Hbond substituents is 1. The summed E-state index contributed by atoms with van der Waals surface area (Å²) in [6.45, 7) is 0.213. The highest BCUT2D eigenvalue weighted by Gasteiger charge is 2.25. The molecule has 1 N–H and O–H groups in total. The summed E-state index contributed by atoms with van der Waals surface area (Å²) in [6, 6.07) is 13.5. The third-order valence-electron chi connectivity index (χ3n) is 4.49. The second-order valence-electron chi connectivity index (χ2n) is 6.74. The van der Waals surface area contributed by atoms with Crippen molar-refractivity contribution < 1.29 is 23.1 Å². The van der Waals surface area contributed by atoms with Gasteiger partial charge in [0.2, 0.25) is 6.23 Å². The Bertz CT molecular complexity index is 1200. The van der Waals surface area contributed by atoms with E-state index in [2.05, 4.69) is 15.0 Å². The van der Waals surface area contributed by atoms with Gasteiger partial charge in [-0.1, -0.05) is 0 Å². The van der Waals surface area contributed by atoms with Crippen molar-refractivity contribution in [3.8, 4) is 11.5 Å². The maximum absolute atomic E-state index is 12.5. The van der Waals surface area contributed by atoms with E-state index in [4.69, 9.17) is 4.74 Å². The number of hydrogen-bond acceptors (Lipinski definition) is 8. The van der Waals surface area contributed by atoms with Crippen LogP contribution in [0.25, 0.3) is 0 Å². The van der Waals surface area contributed by atoms with Crippen molar-refractivity contribution >= 4 is 22.1 Å². The predicted octanol–water partition coefficient (Wildman–Crippen LogP) is 2.05. The molecule has 0 saturated carbocycles. The van der Waals surface area contributed by atoms with E-state index in [1.54, 1.807) is 18.2 Å². The maximum atomic E-state index is 12.5. The summed E-state index contributed by atoms with van der Waals surface area (Å²) in [5.41, 5.74) is 0.418. The number of hydrogen-bond donors (Lipinski definition) is 1. The van der Waals surface area contributed by atoms with Crippen LogP contribution >= 0.6 is 0 Å². The Morgan fingerprint density at radius 1 is 1.06 bits per heavy atom. The van der Waals surface area contributed by atoms with E-state index in [1.165, 1.54) is 60.0 Å². The molecule has 1 atom stereocenters. The summed E-state index contributed by atoms with van der Waals surface area (Å²) in [7, 11) is -3.59. The Hall–Kier alpha value is -3.79. The molecule has 3 aromatic rings. The van der Waals surface area contributed by atoms with E-state index >= 15 is 0 Å². The first-order valence-corrected chi connectivity index (χ1v) is 10.9. The van der Waals surface area contributed by atoms with E-state index in [-0.39, 0.29) is 34.7 Å². The molecule has 158 valence electrons. The highest BCUT2D eigenvalue weighted by Crippen LogP contribution is 2.21. The summed E-state index contributed by atoms with van der Waals surface area (Å²) in [5, 5.41) is 9.34. The molecule has 0 saturated heterocycles. The molecule has 0 fully saturated rings. The van der Waals surface area contributed by atoms with Crippen molar-refractivity contribution in [2.75, 3.05) is 6.54 Å². The minimum atomic E-state index is -3.59. The van der Waals surface area contributed by atoms with Gasteiger partial charge in [-0.05, 0) is 54.6 Å². The van der Waals surface area contributed by atoms with Crippen LogP contribution in [0.15, 0.2) is 76.9 Å². The lowest BCUT2D eigenvalue weighted by Crippen LogP contribution is -2.32. The number of phenols is 1. The van der Waals surface area contributed by atoms with E-state index < -0.39 is 16.1 Å². The molecule has 2 aromatic carbocycles. The van der Waals surface area contributed by atoms with Gasteiger partial charge in [0, 0.05) is 18.0 Å². The quantitative estimate of drug-likeness (QED) is 0.625. The maximum Gasteiger partial charge on any atom is 0.259 e. The number of carbonyl (C=O) groups excluding carboxylic acids is 1. The second-order valence-corrected chi connectivity index (χ2v) is 8.73. The Kier molecular flexibility index (Phi) is 5.63. The van der Waals surface area contributed by atoms with Crippen LogP contribution in [-0.4, -0.2) is 53.4 Å². The predicted molar refractivity (Wildman–Crippen MR) is 111 cm³/mol. The number of aromatic nitrogens is 2. The van der Waals surface area contributed by atoms with Crippen LogP contribution in [0, 0.1) is 0 Å². The molecule has 0 bridgehead atoms. The summed E-state index contributed by atoms with van der Waals surface area (Å²) in [4.78, 5) is 26.1. The summed E-state index contributed by atoms with van der Waals surface area (Å²) in [6.07, 6.45) is 3.78. The molecule has 1 aromatic heterocycles. The van der Waals surface area contributed by atoms with E-state index in [0.29, 0.717) is 11.3 Å². The van der Waals surface area contributed by atoms with Crippen molar-refractivity contribution in [1.82, 2.24) is 14.9 Å². The van der Waals surface area contributed by atoms with Crippen molar-refractivity contribution in [3.05, 3.63) is 78.4 Å². The molecule has 9 nitrogen and oxygen atoms in total. The van der Waals surface area contributed by atoms with E-state index in [9.17, 15) is 18.3 Å². The fourth-order valence-corrected chi connectivity index (χ4v) is 4.14. The number of ether oxygens (including phenoxy) is 1. The first-order chi connectivity index (χ1) is 14.9. The molecule has 1 aliphatic rings. The van der Waals surface area contributed by atoms with Crippen molar-refractivity contribution in [2.45, 2.75) is 16.9 Å². The van der Waals surface area contributed by atoms with Crippen LogP contribution in [0.1, 0.15) is 16.2 Å². The van der Waals surface area contributed by atoms with Gasteiger partial charge in [-0.3, -0.25) is 9.69 Å². The average Bonchev–Trinajstić information content (AvgIpc) is 3.23. The molecule has 1 amide bonds. The largest absolute Gasteiger partial charge is 0.508 e. The van der Waals surface area contributed by atoms with Crippen LogP contribution in [0.2, 0.25) is 0 Å². The van der Waals surface area contributed by atoms with E-state index in [1.807, 2.05) is 0 Å². The number of amides is 1. The Morgan fingerprint density at radius 2 is 1.74 bits per heavy atom. The molecule has 2 heterocycles. The fourth-order valence-electron chi connectivity index (χ4n) is 2.93. The second kappa shape index (κ2) is 8.52. The number of aliphatic imine (C=N–C) groups is 1. The molecular weight excluding hydrogens is 420 g/mol. The third-order valence-corrected chi connectivity index (χ3v) is 6.12. The molecule has 31 heavy (non-hydrogen) atoms. The van der Waals surface area contributed by atoms with Crippen molar-refractivity contribution in [2.24, 2.45) is 4.99 Å². The zero-order valence-corrected chi connectivity index (χ0v) is 17.0. The zero-order chi connectivity index (χ0) is 21.8. The van der Waals surface area contributed by atoms with Gasteiger partial charge >= 0.3 is 0 Å². The molecule has 1 unspecified atom stereocenters. The molecule has 0 aliphatic carbocycles. The number of nitrogens with zero attached hydrogens (tertiary/aromatic N) is 4. The minimum Gasteiger partial charge on any atom is -0.508 e. The van der Waals surface area contributed by atoms with E-state index in [0.717, 1.165) is 0 Å². The van der Waals surface area contributed by atoms with Gasteiger partial charge in [0.1, 0.15) is 23.1 Å². The number of rotatable bonds is 6. The molecule has 4 rings (SSSR count). The van der Waals surface area contributed by atoms with Gasteiger partial charge in [-0.2, -0.15) is 0 Å². The Balaban J connectivity index is 1.37. The van der Waals surface area contributed by atoms with Gasteiger partial charge in [0.05, 0.1) is 17.8 Å². The van der Waals surface area contributed by atoms with Gasteiger partial charge in [-0.15, -0.1) is 0 Å². The fraction of sp³-hybridized carbons (Fsp3) is 0.143. The van der Waals surface area contributed by atoms with Crippen molar-refractivity contribution in [3.63, 3.8) is 0 Å². The van der Waals surface area contributed by atoms with Gasteiger partial charge in [-0.25, -0.2) is 23.4 Å². The monoisotopic (exact) mass is 438 g/mol. The normalized spacial score (nSPS) is 15.7. The summed E-state index contributed by atoms with van der Waals surface area (Å²) >= 11 is 0. The van der Waals surface area contributed by atoms with Gasteiger partial charge in [0.15, 0.2) is 9.84 Å². The van der Waals surface area contributed by atoms with Crippen LogP contribution < -0.4 is 4.74 Å². The zero-order valence-electron chi connectivity index (χ0n) is 16.2. The number of aromatic hydroxyl groups is 1. The highest BCUT2D eigenvalue weighted by atomic mass is 32.2. The minimum absolute atomic E-state index is 0.0783. The van der Waals surface area contributed by atoms with Gasteiger partial charge in [0.25, 0.3) is 5.91 Å². The number of carbonyl (C=O) groups is 1. The molecule has 0 spiro atoms. The third kappa shape index (κ3) is 4.86. The van der Waals surface area contributed by atoms with Crippen LogP contribution in [0.3, 0.4) is 0 Å². The topological polar surface area (TPSA) is 122 Å². The summed E-state index contributed by atoms with van der Waals surface area (Å²) < 4.78 is 30.8. The molecule has 10 heteroatoms. The lowest BCUT2D eigenvalue weighted by molar-refractivity contribution is 0.0825. The number of sulfone groups is 1. The van der Waals surface area contributed by atoms with Crippen molar-refractivity contribution in [1.29, 1.82) is 0 Å². The van der Waals surface area contributed by atoms with Crippen LogP contribution in [0.5, 0.6) is 11.5 Å². The molecular formula is C21H18N4O5S.